The van der Waals surface area contributed by atoms with Gasteiger partial charge in [0, 0.05) is 37.6 Å². The number of hydrogen-bond donors (Lipinski definition) is 2. The first-order valence-corrected chi connectivity index (χ1v) is 6.85. The van der Waals surface area contributed by atoms with E-state index >= 15 is 0 Å². The van der Waals surface area contributed by atoms with Crippen molar-refractivity contribution in [1.29, 1.82) is 0 Å². The van der Waals surface area contributed by atoms with Crippen molar-refractivity contribution < 1.29 is 4.79 Å². The van der Waals surface area contributed by atoms with Crippen LogP contribution in [0.1, 0.15) is 39.5 Å². The lowest BCUT2D eigenvalue weighted by molar-refractivity contribution is -0.134. The van der Waals surface area contributed by atoms with Crippen LogP contribution in [-0.4, -0.2) is 42.0 Å². The summed E-state index contributed by atoms with van der Waals surface area (Å²) in [6.45, 7) is 5.95. The molecule has 0 bridgehead atoms. The fourth-order valence-corrected chi connectivity index (χ4v) is 3.20. The molecule has 1 saturated heterocycles. The summed E-state index contributed by atoms with van der Waals surface area (Å²) in [4.78, 5) is 14.2. The zero-order chi connectivity index (χ0) is 12.4. The van der Waals surface area contributed by atoms with Gasteiger partial charge in [0.25, 0.3) is 0 Å². The molecule has 1 aliphatic heterocycles. The minimum absolute atomic E-state index is 0.247. The van der Waals surface area contributed by atoms with E-state index in [-0.39, 0.29) is 6.04 Å². The first kappa shape index (κ1) is 12.8. The molecular weight excluding hydrogens is 214 g/mol. The second-order valence-electron chi connectivity index (χ2n) is 5.83. The number of carbonyl (C=O) groups is 1. The van der Waals surface area contributed by atoms with Crippen LogP contribution in [0.15, 0.2) is 0 Å². The van der Waals surface area contributed by atoms with Crippen LogP contribution < -0.4 is 11.1 Å². The van der Waals surface area contributed by atoms with E-state index < -0.39 is 0 Å². The Balaban J connectivity index is 1.86. The molecule has 1 heterocycles. The van der Waals surface area contributed by atoms with Crippen molar-refractivity contribution in [2.24, 2.45) is 11.7 Å². The highest BCUT2D eigenvalue weighted by molar-refractivity contribution is 5.76. The van der Waals surface area contributed by atoms with Crippen LogP contribution in [0.2, 0.25) is 0 Å². The van der Waals surface area contributed by atoms with E-state index in [2.05, 4.69) is 19.2 Å². The summed E-state index contributed by atoms with van der Waals surface area (Å²) in [7, 11) is 0. The molecule has 4 atom stereocenters. The molecule has 17 heavy (non-hydrogen) atoms. The molecule has 2 fully saturated rings. The van der Waals surface area contributed by atoms with E-state index in [1.54, 1.807) is 0 Å². The van der Waals surface area contributed by atoms with E-state index in [1.807, 2.05) is 4.90 Å². The van der Waals surface area contributed by atoms with Crippen LogP contribution in [-0.2, 0) is 4.79 Å². The zero-order valence-corrected chi connectivity index (χ0v) is 11.0. The minimum Gasteiger partial charge on any atom is -0.340 e. The standard InChI is InChI=1S/C13H25N3O/c1-9-7-16(8-10(2)15-9)13(17)6-11-4-3-5-12(11)14/h9-12,15H,3-8,14H2,1-2H3/t9?,10?,11-,12+/m0/s1. The summed E-state index contributed by atoms with van der Waals surface area (Å²) in [6.07, 6.45) is 4.06. The molecule has 1 amide bonds. The van der Waals surface area contributed by atoms with Crippen molar-refractivity contribution in [3.63, 3.8) is 0 Å². The molecule has 2 unspecified atom stereocenters. The molecule has 3 N–H and O–H groups in total. The van der Waals surface area contributed by atoms with Crippen LogP contribution >= 0.6 is 0 Å². The largest absolute Gasteiger partial charge is 0.340 e. The quantitative estimate of drug-likeness (QED) is 0.746. The maximum atomic E-state index is 12.2. The lowest BCUT2D eigenvalue weighted by atomic mass is 9.99. The Bertz CT molecular complexity index is 272. The van der Waals surface area contributed by atoms with Crippen molar-refractivity contribution >= 4 is 5.91 Å². The summed E-state index contributed by atoms with van der Waals surface area (Å²) in [5.41, 5.74) is 6.03. The third-order valence-electron chi connectivity index (χ3n) is 4.06. The van der Waals surface area contributed by atoms with Gasteiger partial charge in [-0.25, -0.2) is 0 Å². The molecule has 2 rings (SSSR count). The van der Waals surface area contributed by atoms with Crippen LogP contribution in [0.4, 0.5) is 0 Å². The Hall–Kier alpha value is -0.610. The van der Waals surface area contributed by atoms with Gasteiger partial charge >= 0.3 is 0 Å². The molecule has 98 valence electrons. The summed E-state index contributed by atoms with van der Waals surface area (Å²) < 4.78 is 0. The van der Waals surface area contributed by atoms with E-state index in [0.29, 0.717) is 30.3 Å². The SMILES string of the molecule is CC1CN(C(=O)C[C@@H]2CCC[C@H]2N)CC(C)N1. The number of nitrogens with two attached hydrogens (primary N) is 1. The summed E-state index contributed by atoms with van der Waals surface area (Å²) in [5.74, 6) is 0.718. The van der Waals surface area contributed by atoms with Gasteiger partial charge < -0.3 is 16.0 Å². The van der Waals surface area contributed by atoms with Gasteiger partial charge in [0.05, 0.1) is 0 Å². The monoisotopic (exact) mass is 239 g/mol. The second kappa shape index (κ2) is 5.36. The topological polar surface area (TPSA) is 58.4 Å². The van der Waals surface area contributed by atoms with Crippen molar-refractivity contribution in [2.45, 2.75) is 57.7 Å². The van der Waals surface area contributed by atoms with Gasteiger partial charge in [-0.05, 0) is 32.6 Å². The normalized spacial score (nSPS) is 38.4. The smallest absolute Gasteiger partial charge is 0.223 e. The molecule has 4 nitrogen and oxygen atoms in total. The molecule has 0 spiro atoms. The second-order valence-corrected chi connectivity index (χ2v) is 5.83. The number of piperazine rings is 1. The fourth-order valence-electron chi connectivity index (χ4n) is 3.20. The third kappa shape index (κ3) is 3.19. The Morgan fingerprint density at radius 2 is 1.94 bits per heavy atom. The van der Waals surface area contributed by atoms with Crippen LogP contribution in [0, 0.1) is 5.92 Å². The molecule has 2 aliphatic rings. The molecule has 0 aromatic heterocycles. The first-order valence-electron chi connectivity index (χ1n) is 6.85. The van der Waals surface area contributed by atoms with E-state index in [4.69, 9.17) is 5.73 Å². The van der Waals surface area contributed by atoms with E-state index in [9.17, 15) is 4.79 Å². The maximum absolute atomic E-state index is 12.2. The zero-order valence-electron chi connectivity index (χ0n) is 11.0. The van der Waals surface area contributed by atoms with Crippen molar-refractivity contribution in [2.75, 3.05) is 13.1 Å². The van der Waals surface area contributed by atoms with Crippen molar-refractivity contribution in [1.82, 2.24) is 10.2 Å². The molecular formula is C13H25N3O. The number of nitrogens with one attached hydrogen (secondary N) is 1. The van der Waals surface area contributed by atoms with Crippen LogP contribution in [0.25, 0.3) is 0 Å². The highest BCUT2D eigenvalue weighted by Gasteiger charge is 2.30. The Labute approximate surface area is 104 Å². The van der Waals surface area contributed by atoms with Gasteiger partial charge in [0.2, 0.25) is 5.91 Å². The predicted octanol–water partition coefficient (Wildman–Crippen LogP) is 0.713. The number of amides is 1. The van der Waals surface area contributed by atoms with Gasteiger partial charge in [-0.2, -0.15) is 0 Å². The molecule has 4 heteroatoms. The Morgan fingerprint density at radius 3 is 2.47 bits per heavy atom. The number of nitrogens with zero attached hydrogens (tertiary/aromatic N) is 1. The first-order chi connectivity index (χ1) is 8.06. The molecule has 0 radical (unpaired) electrons. The van der Waals surface area contributed by atoms with E-state index in [1.165, 1.54) is 6.42 Å². The minimum atomic E-state index is 0.247. The highest BCUT2D eigenvalue weighted by Crippen LogP contribution is 2.27. The average molecular weight is 239 g/mol. The number of hydrogen-bond acceptors (Lipinski definition) is 3. The molecule has 0 aromatic carbocycles. The number of rotatable bonds is 2. The highest BCUT2D eigenvalue weighted by atomic mass is 16.2. The Morgan fingerprint density at radius 1 is 1.29 bits per heavy atom. The Kier molecular flexibility index (Phi) is 4.05. The van der Waals surface area contributed by atoms with E-state index in [0.717, 1.165) is 25.9 Å². The predicted molar refractivity (Wildman–Crippen MR) is 68.6 cm³/mol. The lowest BCUT2D eigenvalue weighted by Gasteiger charge is -2.36. The van der Waals surface area contributed by atoms with Gasteiger partial charge in [-0.15, -0.1) is 0 Å². The van der Waals surface area contributed by atoms with Gasteiger partial charge in [0.15, 0.2) is 0 Å². The van der Waals surface area contributed by atoms with Gasteiger partial charge in [-0.1, -0.05) is 6.42 Å². The molecule has 1 saturated carbocycles. The maximum Gasteiger partial charge on any atom is 0.223 e. The van der Waals surface area contributed by atoms with Gasteiger partial charge in [-0.3, -0.25) is 4.79 Å². The van der Waals surface area contributed by atoms with Crippen LogP contribution in [0.3, 0.4) is 0 Å². The lowest BCUT2D eigenvalue weighted by Crippen LogP contribution is -2.56. The van der Waals surface area contributed by atoms with Crippen LogP contribution in [0.5, 0.6) is 0 Å². The summed E-state index contributed by atoms with van der Waals surface area (Å²) in [6, 6.07) is 1.05. The molecule has 1 aliphatic carbocycles. The molecule has 0 aromatic rings. The van der Waals surface area contributed by atoms with Gasteiger partial charge in [0.1, 0.15) is 0 Å². The average Bonchev–Trinajstić information content (AvgIpc) is 2.63. The fraction of sp³-hybridized carbons (Fsp3) is 0.923. The van der Waals surface area contributed by atoms with Crippen molar-refractivity contribution in [3.05, 3.63) is 0 Å². The number of carbonyl (C=O) groups excluding carboxylic acids is 1. The summed E-state index contributed by atoms with van der Waals surface area (Å²) >= 11 is 0. The van der Waals surface area contributed by atoms with Crippen molar-refractivity contribution in [3.8, 4) is 0 Å². The third-order valence-corrected chi connectivity index (χ3v) is 4.06. The summed E-state index contributed by atoms with van der Waals surface area (Å²) in [5, 5.41) is 3.45.